The SMILES string of the molecule is CCOC(=O)C1CCC(NC(=O)[C@@H]2CCCN2)CC1. The van der Waals surface area contributed by atoms with Gasteiger partial charge >= 0.3 is 5.97 Å². The van der Waals surface area contributed by atoms with Gasteiger partial charge in [0, 0.05) is 6.04 Å². The summed E-state index contributed by atoms with van der Waals surface area (Å²) in [7, 11) is 0. The van der Waals surface area contributed by atoms with E-state index in [1.165, 1.54) is 0 Å². The van der Waals surface area contributed by atoms with E-state index in [9.17, 15) is 9.59 Å². The van der Waals surface area contributed by atoms with Crippen LogP contribution in [0.15, 0.2) is 0 Å². The maximum absolute atomic E-state index is 12.0. The third-order valence-corrected chi connectivity index (χ3v) is 4.07. The van der Waals surface area contributed by atoms with E-state index in [4.69, 9.17) is 4.74 Å². The Labute approximate surface area is 114 Å². The van der Waals surface area contributed by atoms with E-state index < -0.39 is 0 Å². The molecule has 0 aromatic rings. The molecule has 5 nitrogen and oxygen atoms in total. The van der Waals surface area contributed by atoms with Crippen molar-refractivity contribution in [3.8, 4) is 0 Å². The number of esters is 1. The number of amides is 1. The summed E-state index contributed by atoms with van der Waals surface area (Å²) in [6, 6.07) is 0.211. The third kappa shape index (κ3) is 3.93. The first-order chi connectivity index (χ1) is 9.20. The van der Waals surface area contributed by atoms with E-state index in [2.05, 4.69) is 10.6 Å². The Bertz CT molecular complexity index is 319. The van der Waals surface area contributed by atoms with Crippen molar-refractivity contribution in [2.45, 2.75) is 57.5 Å². The molecule has 1 atom stereocenters. The van der Waals surface area contributed by atoms with Crippen LogP contribution in [0.5, 0.6) is 0 Å². The first kappa shape index (κ1) is 14.3. The molecule has 19 heavy (non-hydrogen) atoms. The van der Waals surface area contributed by atoms with Crippen molar-refractivity contribution in [2.75, 3.05) is 13.2 Å². The maximum atomic E-state index is 12.0. The zero-order valence-corrected chi connectivity index (χ0v) is 11.6. The summed E-state index contributed by atoms with van der Waals surface area (Å²) in [5.41, 5.74) is 0. The van der Waals surface area contributed by atoms with E-state index >= 15 is 0 Å². The quantitative estimate of drug-likeness (QED) is 0.746. The van der Waals surface area contributed by atoms with Crippen LogP contribution in [0.2, 0.25) is 0 Å². The largest absolute Gasteiger partial charge is 0.466 e. The van der Waals surface area contributed by atoms with Gasteiger partial charge in [-0.05, 0) is 52.0 Å². The molecule has 1 saturated heterocycles. The number of hydrogen-bond donors (Lipinski definition) is 2. The summed E-state index contributed by atoms with van der Waals surface area (Å²) >= 11 is 0. The van der Waals surface area contributed by atoms with Crippen LogP contribution < -0.4 is 10.6 Å². The first-order valence-corrected chi connectivity index (χ1v) is 7.41. The van der Waals surface area contributed by atoms with Gasteiger partial charge in [0.15, 0.2) is 0 Å². The van der Waals surface area contributed by atoms with Crippen molar-refractivity contribution in [3.05, 3.63) is 0 Å². The van der Waals surface area contributed by atoms with Gasteiger partial charge in [-0.2, -0.15) is 0 Å². The Morgan fingerprint density at radius 1 is 1.21 bits per heavy atom. The lowest BCUT2D eigenvalue weighted by molar-refractivity contribution is -0.149. The number of carbonyl (C=O) groups is 2. The van der Waals surface area contributed by atoms with Crippen molar-refractivity contribution in [2.24, 2.45) is 5.92 Å². The van der Waals surface area contributed by atoms with Crippen LogP contribution in [0.1, 0.15) is 45.4 Å². The van der Waals surface area contributed by atoms with Crippen molar-refractivity contribution >= 4 is 11.9 Å². The summed E-state index contributed by atoms with van der Waals surface area (Å²) in [6.45, 7) is 3.22. The lowest BCUT2D eigenvalue weighted by Crippen LogP contribution is -2.46. The van der Waals surface area contributed by atoms with Crippen LogP contribution >= 0.6 is 0 Å². The monoisotopic (exact) mass is 268 g/mol. The maximum Gasteiger partial charge on any atom is 0.308 e. The molecule has 1 saturated carbocycles. The van der Waals surface area contributed by atoms with Crippen LogP contribution in [-0.2, 0) is 14.3 Å². The molecule has 5 heteroatoms. The minimum atomic E-state index is -0.0789. The average Bonchev–Trinajstić information content (AvgIpc) is 2.94. The molecule has 2 N–H and O–H groups in total. The van der Waals surface area contributed by atoms with Crippen LogP contribution in [0.25, 0.3) is 0 Å². The highest BCUT2D eigenvalue weighted by Gasteiger charge is 2.30. The molecule has 0 radical (unpaired) electrons. The van der Waals surface area contributed by atoms with Gasteiger partial charge < -0.3 is 15.4 Å². The zero-order valence-electron chi connectivity index (χ0n) is 11.6. The summed E-state index contributed by atoms with van der Waals surface area (Å²) in [5.74, 6) is 0.0690. The highest BCUT2D eigenvalue weighted by molar-refractivity contribution is 5.82. The molecule has 0 bridgehead atoms. The number of nitrogens with one attached hydrogen (secondary N) is 2. The second kappa shape index (κ2) is 6.89. The molecule has 2 rings (SSSR count). The van der Waals surface area contributed by atoms with E-state index in [-0.39, 0.29) is 29.9 Å². The van der Waals surface area contributed by atoms with Gasteiger partial charge in [0.05, 0.1) is 18.6 Å². The Balaban J connectivity index is 1.71. The fourth-order valence-corrected chi connectivity index (χ4v) is 2.94. The van der Waals surface area contributed by atoms with Gasteiger partial charge in [-0.3, -0.25) is 9.59 Å². The molecule has 0 aromatic carbocycles. The van der Waals surface area contributed by atoms with E-state index in [0.717, 1.165) is 45.1 Å². The first-order valence-electron chi connectivity index (χ1n) is 7.41. The molecule has 0 spiro atoms. The molecule has 1 aliphatic carbocycles. The summed E-state index contributed by atoms with van der Waals surface area (Å²) in [4.78, 5) is 23.6. The molecular weight excluding hydrogens is 244 g/mol. The highest BCUT2D eigenvalue weighted by atomic mass is 16.5. The van der Waals surface area contributed by atoms with Crippen LogP contribution in [0, 0.1) is 5.92 Å². The van der Waals surface area contributed by atoms with Crippen molar-refractivity contribution in [1.29, 1.82) is 0 Å². The third-order valence-electron chi connectivity index (χ3n) is 4.07. The Morgan fingerprint density at radius 2 is 1.95 bits per heavy atom. The normalized spacial score (nSPS) is 30.9. The van der Waals surface area contributed by atoms with Gasteiger partial charge in [-0.15, -0.1) is 0 Å². The smallest absolute Gasteiger partial charge is 0.308 e. The molecule has 0 unspecified atom stereocenters. The van der Waals surface area contributed by atoms with Crippen LogP contribution in [0.3, 0.4) is 0 Å². The van der Waals surface area contributed by atoms with E-state index in [1.807, 2.05) is 6.92 Å². The van der Waals surface area contributed by atoms with E-state index in [0.29, 0.717) is 6.61 Å². The standard InChI is InChI=1S/C14H24N2O3/c1-2-19-14(18)10-5-7-11(8-6-10)16-13(17)12-4-3-9-15-12/h10-12,15H,2-9H2,1H3,(H,16,17)/t10?,11?,12-/m0/s1. The molecule has 108 valence electrons. The number of carbonyl (C=O) groups excluding carboxylic acids is 2. The Hall–Kier alpha value is -1.10. The predicted octanol–water partition coefficient (Wildman–Crippen LogP) is 0.976. The molecule has 1 amide bonds. The molecule has 2 aliphatic rings. The van der Waals surface area contributed by atoms with Crippen molar-refractivity contribution < 1.29 is 14.3 Å². The lowest BCUT2D eigenvalue weighted by Gasteiger charge is -2.28. The summed E-state index contributed by atoms with van der Waals surface area (Å²) in [5, 5.41) is 6.30. The van der Waals surface area contributed by atoms with Crippen molar-refractivity contribution in [3.63, 3.8) is 0 Å². The highest BCUT2D eigenvalue weighted by Crippen LogP contribution is 2.25. The zero-order chi connectivity index (χ0) is 13.7. The average molecular weight is 268 g/mol. The Kier molecular flexibility index (Phi) is 5.19. The van der Waals surface area contributed by atoms with Crippen LogP contribution in [-0.4, -0.2) is 37.1 Å². The Morgan fingerprint density at radius 3 is 2.53 bits per heavy atom. The number of hydrogen-bond acceptors (Lipinski definition) is 4. The molecular formula is C14H24N2O3. The van der Waals surface area contributed by atoms with Gasteiger partial charge in [-0.1, -0.05) is 0 Å². The minimum Gasteiger partial charge on any atom is -0.466 e. The second-order valence-corrected chi connectivity index (χ2v) is 5.46. The molecule has 1 aliphatic heterocycles. The van der Waals surface area contributed by atoms with E-state index in [1.54, 1.807) is 0 Å². The van der Waals surface area contributed by atoms with Gasteiger partial charge in [-0.25, -0.2) is 0 Å². The molecule has 1 heterocycles. The number of rotatable bonds is 4. The number of ether oxygens (including phenoxy) is 1. The second-order valence-electron chi connectivity index (χ2n) is 5.46. The van der Waals surface area contributed by atoms with Gasteiger partial charge in [0.1, 0.15) is 0 Å². The predicted molar refractivity (Wildman–Crippen MR) is 71.5 cm³/mol. The van der Waals surface area contributed by atoms with Gasteiger partial charge in [0.25, 0.3) is 0 Å². The van der Waals surface area contributed by atoms with Gasteiger partial charge in [0.2, 0.25) is 5.91 Å². The topological polar surface area (TPSA) is 67.4 Å². The lowest BCUT2D eigenvalue weighted by atomic mass is 9.86. The minimum absolute atomic E-state index is 0.0113. The molecule has 2 fully saturated rings. The fraction of sp³-hybridized carbons (Fsp3) is 0.857. The van der Waals surface area contributed by atoms with Crippen molar-refractivity contribution in [1.82, 2.24) is 10.6 Å². The fourth-order valence-electron chi connectivity index (χ4n) is 2.94. The summed E-state index contributed by atoms with van der Waals surface area (Å²) < 4.78 is 5.04. The van der Waals surface area contributed by atoms with Crippen LogP contribution in [0.4, 0.5) is 0 Å². The summed E-state index contributed by atoms with van der Waals surface area (Å²) in [6.07, 6.45) is 5.41. The molecule has 0 aromatic heterocycles.